The van der Waals surface area contributed by atoms with Crippen molar-refractivity contribution in [1.29, 1.82) is 5.26 Å². The van der Waals surface area contributed by atoms with Gasteiger partial charge >= 0.3 is 0 Å². The summed E-state index contributed by atoms with van der Waals surface area (Å²) in [5, 5.41) is 26.3. The smallest absolute Gasteiger partial charge is 0.135 e. The number of halogens is 1. The average Bonchev–Trinajstić information content (AvgIpc) is 3.14. The van der Waals surface area contributed by atoms with Crippen molar-refractivity contribution in [2.45, 2.75) is 18.8 Å². The summed E-state index contributed by atoms with van der Waals surface area (Å²) in [6.45, 7) is 1.64. The molecule has 1 fully saturated rings. The maximum Gasteiger partial charge on any atom is 0.135 e. The molecule has 0 spiro atoms. The van der Waals surface area contributed by atoms with Gasteiger partial charge in [0.15, 0.2) is 0 Å². The molecule has 0 bridgehead atoms. The standard InChI is InChI=1S/C19H18ClN7/c1-26-12-24-25-19(26)13-5-8-27(9-6-13)18-15(14-4-7-22-23-11-14)2-3-17(20)16(18)10-21/h2-4,7,11-13H,5-6,8-9H2,1H3. The fraction of sp³-hybridized carbons (Fsp3) is 0.316. The van der Waals surface area contributed by atoms with Crippen LogP contribution in [0.3, 0.4) is 0 Å². The quantitative estimate of drug-likeness (QED) is 0.695. The van der Waals surface area contributed by atoms with Crippen molar-refractivity contribution < 1.29 is 0 Å². The molecule has 0 N–H and O–H groups in total. The van der Waals surface area contributed by atoms with Crippen LogP contribution in [0.1, 0.15) is 30.1 Å². The molecule has 27 heavy (non-hydrogen) atoms. The number of anilines is 1. The van der Waals surface area contributed by atoms with Crippen LogP contribution in [-0.4, -0.2) is 38.1 Å². The predicted molar refractivity (Wildman–Crippen MR) is 102 cm³/mol. The first-order valence-corrected chi connectivity index (χ1v) is 9.15. The summed E-state index contributed by atoms with van der Waals surface area (Å²) in [4.78, 5) is 2.24. The first-order valence-electron chi connectivity index (χ1n) is 8.77. The van der Waals surface area contributed by atoms with E-state index in [9.17, 15) is 5.26 Å². The molecule has 0 radical (unpaired) electrons. The summed E-state index contributed by atoms with van der Waals surface area (Å²) in [6.07, 6.45) is 6.98. The van der Waals surface area contributed by atoms with Gasteiger partial charge in [-0.2, -0.15) is 15.5 Å². The van der Waals surface area contributed by atoms with Crippen molar-refractivity contribution in [3.8, 4) is 17.2 Å². The van der Waals surface area contributed by atoms with E-state index in [1.54, 1.807) is 24.8 Å². The van der Waals surface area contributed by atoms with E-state index in [0.717, 1.165) is 48.6 Å². The summed E-state index contributed by atoms with van der Waals surface area (Å²) in [5.41, 5.74) is 3.24. The molecule has 136 valence electrons. The number of aromatic nitrogens is 5. The normalized spacial score (nSPS) is 14.9. The van der Waals surface area contributed by atoms with Crippen LogP contribution in [0.4, 0.5) is 5.69 Å². The monoisotopic (exact) mass is 379 g/mol. The second-order valence-electron chi connectivity index (χ2n) is 6.62. The highest BCUT2D eigenvalue weighted by molar-refractivity contribution is 6.32. The van der Waals surface area contributed by atoms with Crippen molar-refractivity contribution in [3.63, 3.8) is 0 Å². The third-order valence-corrected chi connectivity index (χ3v) is 5.37. The minimum absolute atomic E-state index is 0.365. The molecule has 0 saturated carbocycles. The van der Waals surface area contributed by atoms with Crippen molar-refractivity contribution in [3.05, 3.63) is 53.3 Å². The van der Waals surface area contributed by atoms with E-state index in [-0.39, 0.29) is 0 Å². The molecule has 3 aromatic rings. The van der Waals surface area contributed by atoms with Crippen LogP contribution in [0.15, 0.2) is 36.9 Å². The Morgan fingerprint density at radius 2 is 1.96 bits per heavy atom. The maximum atomic E-state index is 9.73. The van der Waals surface area contributed by atoms with Crippen LogP contribution < -0.4 is 4.90 Å². The fourth-order valence-corrected chi connectivity index (χ4v) is 3.90. The highest BCUT2D eigenvalue weighted by Crippen LogP contribution is 2.39. The average molecular weight is 380 g/mol. The minimum atomic E-state index is 0.365. The third-order valence-electron chi connectivity index (χ3n) is 5.06. The highest BCUT2D eigenvalue weighted by atomic mass is 35.5. The van der Waals surface area contributed by atoms with Gasteiger partial charge in [0.1, 0.15) is 18.2 Å². The first-order chi connectivity index (χ1) is 13.2. The molecule has 4 rings (SSSR count). The van der Waals surface area contributed by atoms with Gasteiger partial charge in [-0.25, -0.2) is 0 Å². The van der Waals surface area contributed by atoms with Crippen LogP contribution in [0.25, 0.3) is 11.1 Å². The van der Waals surface area contributed by atoms with Crippen LogP contribution >= 0.6 is 11.6 Å². The first kappa shape index (κ1) is 17.4. The molecule has 3 heterocycles. The Hall–Kier alpha value is -2.98. The van der Waals surface area contributed by atoms with E-state index < -0.39 is 0 Å². The lowest BCUT2D eigenvalue weighted by molar-refractivity contribution is 0.474. The number of piperidine rings is 1. The molecule has 1 saturated heterocycles. The van der Waals surface area contributed by atoms with Gasteiger partial charge in [0.2, 0.25) is 0 Å². The largest absolute Gasteiger partial charge is 0.370 e. The molecule has 0 atom stereocenters. The molecule has 0 unspecified atom stereocenters. The summed E-state index contributed by atoms with van der Waals surface area (Å²) >= 11 is 6.34. The van der Waals surface area contributed by atoms with E-state index in [0.29, 0.717) is 16.5 Å². The van der Waals surface area contributed by atoms with Gasteiger partial charge in [-0.3, -0.25) is 0 Å². The Bertz CT molecular complexity index is 985. The molecule has 2 aromatic heterocycles. The SMILES string of the molecule is Cn1cnnc1C1CCN(c2c(-c3ccnnc3)ccc(Cl)c2C#N)CC1. The Balaban J connectivity index is 1.69. The van der Waals surface area contributed by atoms with Gasteiger partial charge in [-0.05, 0) is 25.0 Å². The fourth-order valence-electron chi connectivity index (χ4n) is 3.71. The number of aryl methyl sites for hydroxylation is 1. The second-order valence-corrected chi connectivity index (χ2v) is 7.03. The summed E-state index contributed by atoms with van der Waals surface area (Å²) in [7, 11) is 1.97. The van der Waals surface area contributed by atoms with Gasteiger partial charge < -0.3 is 9.47 Å². The van der Waals surface area contributed by atoms with Crippen molar-refractivity contribution in [1.82, 2.24) is 25.0 Å². The van der Waals surface area contributed by atoms with E-state index >= 15 is 0 Å². The third kappa shape index (κ3) is 3.24. The molecule has 1 aromatic carbocycles. The second kappa shape index (κ2) is 7.33. The van der Waals surface area contributed by atoms with Crippen molar-refractivity contribution >= 4 is 17.3 Å². The predicted octanol–water partition coefficient (Wildman–Crippen LogP) is 3.18. The molecular weight excluding hydrogens is 362 g/mol. The van der Waals surface area contributed by atoms with E-state index in [1.807, 2.05) is 23.7 Å². The number of benzene rings is 1. The zero-order valence-corrected chi connectivity index (χ0v) is 15.6. The maximum absolute atomic E-state index is 9.73. The minimum Gasteiger partial charge on any atom is -0.370 e. The molecular formula is C19H18ClN7. The molecule has 1 aliphatic rings. The van der Waals surface area contributed by atoms with Crippen LogP contribution in [-0.2, 0) is 7.05 Å². The summed E-state index contributed by atoms with van der Waals surface area (Å²) < 4.78 is 1.98. The Morgan fingerprint density at radius 1 is 1.15 bits per heavy atom. The van der Waals surface area contributed by atoms with Crippen LogP contribution in [0.5, 0.6) is 0 Å². The number of nitriles is 1. The number of hydrogen-bond acceptors (Lipinski definition) is 6. The Morgan fingerprint density at radius 3 is 2.59 bits per heavy atom. The van der Waals surface area contributed by atoms with Gasteiger partial charge in [0, 0.05) is 37.2 Å². The zero-order chi connectivity index (χ0) is 18.8. The van der Waals surface area contributed by atoms with Gasteiger partial charge in [0.25, 0.3) is 0 Å². The van der Waals surface area contributed by atoms with E-state index in [4.69, 9.17) is 11.6 Å². The number of nitrogens with zero attached hydrogens (tertiary/aromatic N) is 7. The highest BCUT2D eigenvalue weighted by Gasteiger charge is 2.27. The van der Waals surface area contributed by atoms with Gasteiger partial charge in [-0.1, -0.05) is 17.7 Å². The van der Waals surface area contributed by atoms with Crippen LogP contribution in [0.2, 0.25) is 5.02 Å². The molecule has 7 nitrogen and oxygen atoms in total. The molecule has 0 aliphatic carbocycles. The van der Waals surface area contributed by atoms with Gasteiger partial charge in [0.05, 0.1) is 28.7 Å². The number of hydrogen-bond donors (Lipinski definition) is 0. The zero-order valence-electron chi connectivity index (χ0n) is 14.9. The molecule has 8 heteroatoms. The number of rotatable bonds is 3. The summed E-state index contributed by atoms with van der Waals surface area (Å²) in [6, 6.07) is 7.90. The Labute approximate surface area is 162 Å². The van der Waals surface area contributed by atoms with E-state index in [2.05, 4.69) is 31.4 Å². The van der Waals surface area contributed by atoms with Crippen molar-refractivity contribution in [2.75, 3.05) is 18.0 Å². The lowest BCUT2D eigenvalue weighted by Gasteiger charge is -2.35. The molecule has 1 aliphatic heterocycles. The lowest BCUT2D eigenvalue weighted by atomic mass is 9.93. The van der Waals surface area contributed by atoms with E-state index in [1.165, 1.54) is 0 Å². The Kier molecular flexibility index (Phi) is 4.73. The van der Waals surface area contributed by atoms with Crippen molar-refractivity contribution in [2.24, 2.45) is 7.05 Å². The topological polar surface area (TPSA) is 83.5 Å². The van der Waals surface area contributed by atoms with Crippen LogP contribution in [0, 0.1) is 11.3 Å². The molecule has 0 amide bonds. The lowest BCUT2D eigenvalue weighted by Crippen LogP contribution is -2.34. The van der Waals surface area contributed by atoms with Gasteiger partial charge in [-0.15, -0.1) is 10.2 Å². The summed E-state index contributed by atoms with van der Waals surface area (Å²) in [5.74, 6) is 1.38.